The molecule has 0 bridgehead atoms. The molecular formula is C5H12Cl2NO3P. The molecule has 0 spiro atoms. The Hall–Kier alpha value is 0.690. The van der Waals surface area contributed by atoms with Gasteiger partial charge in [0.15, 0.2) is 0 Å². The minimum absolute atomic E-state index is 0.212. The van der Waals surface area contributed by atoms with Crippen LogP contribution < -0.4 is 0 Å². The monoisotopic (exact) mass is 235 g/mol. The lowest BCUT2D eigenvalue weighted by atomic mass is 10.0. The summed E-state index contributed by atoms with van der Waals surface area (Å²) in [4.78, 5) is 17.1. The van der Waals surface area contributed by atoms with E-state index in [9.17, 15) is 4.57 Å². The van der Waals surface area contributed by atoms with Gasteiger partial charge < -0.3 is 9.79 Å². The molecule has 0 saturated carbocycles. The summed E-state index contributed by atoms with van der Waals surface area (Å²) in [6, 6.07) is 0. The highest BCUT2D eigenvalue weighted by atomic mass is 35.5. The molecule has 0 aliphatic carbocycles. The first-order chi connectivity index (χ1) is 5.15. The van der Waals surface area contributed by atoms with E-state index >= 15 is 0 Å². The standard InChI is InChI=1S/C5H12Cl2NO3P/c1-5(2,8(6)7)3-4-12(9,10)11/h3-4H2,1-2H3,(H2,9,10,11). The van der Waals surface area contributed by atoms with Crippen molar-refractivity contribution >= 4 is 31.1 Å². The second kappa shape index (κ2) is 4.27. The highest BCUT2D eigenvalue weighted by Gasteiger charge is 2.27. The van der Waals surface area contributed by atoms with Gasteiger partial charge >= 0.3 is 7.60 Å². The topological polar surface area (TPSA) is 60.8 Å². The molecule has 0 aliphatic rings. The van der Waals surface area contributed by atoms with E-state index in [2.05, 4.69) is 0 Å². The van der Waals surface area contributed by atoms with E-state index in [-0.39, 0.29) is 12.6 Å². The molecule has 7 heteroatoms. The van der Waals surface area contributed by atoms with Gasteiger partial charge in [0.05, 0.1) is 6.16 Å². The number of hydrogen-bond acceptors (Lipinski definition) is 2. The second-order valence-corrected chi connectivity index (χ2v) is 5.81. The molecule has 4 nitrogen and oxygen atoms in total. The molecule has 0 saturated heterocycles. The Bertz CT molecular complexity index is 191. The zero-order valence-electron chi connectivity index (χ0n) is 6.87. The fourth-order valence-corrected chi connectivity index (χ4v) is 1.51. The molecular weight excluding hydrogens is 224 g/mol. The fraction of sp³-hybridized carbons (Fsp3) is 1.00. The molecule has 0 radical (unpaired) electrons. The van der Waals surface area contributed by atoms with Crippen LogP contribution in [0.3, 0.4) is 0 Å². The zero-order chi connectivity index (χ0) is 9.99. The van der Waals surface area contributed by atoms with Crippen LogP contribution in [0.2, 0.25) is 0 Å². The fourth-order valence-electron chi connectivity index (χ4n) is 0.504. The number of rotatable bonds is 4. The molecule has 0 unspecified atom stereocenters. The third kappa shape index (κ3) is 5.36. The molecule has 0 aromatic heterocycles. The van der Waals surface area contributed by atoms with Gasteiger partial charge in [-0.15, -0.1) is 3.94 Å². The Morgan fingerprint density at radius 1 is 1.42 bits per heavy atom. The van der Waals surface area contributed by atoms with Gasteiger partial charge in [-0.2, -0.15) is 0 Å². The van der Waals surface area contributed by atoms with Crippen molar-refractivity contribution in [2.45, 2.75) is 25.8 Å². The van der Waals surface area contributed by atoms with Gasteiger partial charge in [-0.1, -0.05) is 0 Å². The van der Waals surface area contributed by atoms with Crippen molar-refractivity contribution in [3.8, 4) is 0 Å². The maximum Gasteiger partial charge on any atom is 0.325 e. The van der Waals surface area contributed by atoms with E-state index in [1.807, 2.05) is 0 Å². The normalized spacial score (nSPS) is 13.9. The molecule has 74 valence electrons. The van der Waals surface area contributed by atoms with Crippen LogP contribution in [0.15, 0.2) is 0 Å². The molecule has 0 aromatic rings. The molecule has 0 rings (SSSR count). The molecule has 2 N–H and O–H groups in total. The Labute approximate surface area is 81.8 Å². The average Bonchev–Trinajstić information content (AvgIpc) is 1.82. The minimum atomic E-state index is -3.95. The van der Waals surface area contributed by atoms with Crippen molar-refractivity contribution in [2.75, 3.05) is 6.16 Å². The van der Waals surface area contributed by atoms with Gasteiger partial charge in [0.1, 0.15) is 0 Å². The largest absolute Gasteiger partial charge is 0.325 e. The van der Waals surface area contributed by atoms with Crippen LogP contribution >= 0.6 is 31.1 Å². The Morgan fingerprint density at radius 3 is 2.08 bits per heavy atom. The van der Waals surface area contributed by atoms with Crippen molar-refractivity contribution in [3.05, 3.63) is 0 Å². The van der Waals surface area contributed by atoms with Crippen LogP contribution in [-0.2, 0) is 4.57 Å². The third-order valence-corrected chi connectivity index (χ3v) is 3.19. The minimum Gasteiger partial charge on any atom is -0.324 e. The summed E-state index contributed by atoms with van der Waals surface area (Å²) < 4.78 is 11.4. The predicted octanol–water partition coefficient (Wildman–Crippen LogP) is 1.94. The summed E-state index contributed by atoms with van der Waals surface area (Å²) in [5.74, 6) is 0. The Morgan fingerprint density at radius 2 is 1.83 bits per heavy atom. The van der Waals surface area contributed by atoms with E-state index in [0.717, 1.165) is 3.94 Å². The molecule has 0 aliphatic heterocycles. The summed E-state index contributed by atoms with van der Waals surface area (Å²) in [7, 11) is -3.95. The predicted molar refractivity (Wildman–Crippen MR) is 49.2 cm³/mol. The molecule has 0 atom stereocenters. The average molecular weight is 236 g/mol. The number of hydrogen-bond donors (Lipinski definition) is 2. The van der Waals surface area contributed by atoms with Gasteiger partial charge in [0.2, 0.25) is 0 Å². The molecule has 0 amide bonds. The van der Waals surface area contributed by atoms with Gasteiger partial charge in [0.25, 0.3) is 0 Å². The smallest absolute Gasteiger partial charge is 0.324 e. The van der Waals surface area contributed by atoms with E-state index in [0.29, 0.717) is 0 Å². The maximum absolute atomic E-state index is 10.5. The highest BCUT2D eigenvalue weighted by Crippen LogP contribution is 2.38. The first-order valence-corrected chi connectivity index (χ1v) is 5.79. The first-order valence-electron chi connectivity index (χ1n) is 3.31. The van der Waals surface area contributed by atoms with Crippen LogP contribution in [0.25, 0.3) is 0 Å². The zero-order valence-corrected chi connectivity index (χ0v) is 9.27. The van der Waals surface area contributed by atoms with Crippen molar-refractivity contribution in [1.82, 2.24) is 3.94 Å². The van der Waals surface area contributed by atoms with Crippen molar-refractivity contribution in [1.29, 1.82) is 0 Å². The molecule has 0 fully saturated rings. The van der Waals surface area contributed by atoms with Crippen LogP contribution in [0.5, 0.6) is 0 Å². The molecule has 0 aromatic carbocycles. The molecule has 0 heterocycles. The van der Waals surface area contributed by atoms with Crippen LogP contribution in [-0.4, -0.2) is 25.4 Å². The molecule has 12 heavy (non-hydrogen) atoms. The number of halogens is 2. The summed E-state index contributed by atoms with van der Waals surface area (Å²) in [6.45, 7) is 3.39. The quantitative estimate of drug-likeness (QED) is 0.578. The van der Waals surface area contributed by atoms with E-state index in [4.69, 9.17) is 33.3 Å². The first kappa shape index (κ1) is 12.7. The van der Waals surface area contributed by atoms with Crippen molar-refractivity contribution < 1.29 is 14.4 Å². The lowest BCUT2D eigenvalue weighted by Crippen LogP contribution is -2.31. The summed E-state index contributed by atoms with van der Waals surface area (Å²) in [5.41, 5.74) is -0.621. The van der Waals surface area contributed by atoms with Gasteiger partial charge in [-0.05, 0) is 43.8 Å². The van der Waals surface area contributed by atoms with Gasteiger partial charge in [-0.25, -0.2) is 0 Å². The maximum atomic E-state index is 10.5. The summed E-state index contributed by atoms with van der Waals surface area (Å²) in [5, 5.41) is 0. The van der Waals surface area contributed by atoms with E-state index in [1.54, 1.807) is 13.8 Å². The van der Waals surface area contributed by atoms with Crippen LogP contribution in [0.1, 0.15) is 20.3 Å². The van der Waals surface area contributed by atoms with E-state index < -0.39 is 13.1 Å². The van der Waals surface area contributed by atoms with Gasteiger partial charge in [-0.3, -0.25) is 4.57 Å². The Kier molecular flexibility index (Phi) is 4.51. The van der Waals surface area contributed by atoms with Crippen LogP contribution in [0.4, 0.5) is 0 Å². The summed E-state index contributed by atoms with van der Waals surface area (Å²) in [6.07, 6.45) is 0.0280. The lowest BCUT2D eigenvalue weighted by Gasteiger charge is -2.27. The van der Waals surface area contributed by atoms with Crippen LogP contribution in [0, 0.1) is 0 Å². The van der Waals surface area contributed by atoms with Gasteiger partial charge in [0, 0.05) is 5.54 Å². The number of nitrogens with zero attached hydrogens (tertiary/aromatic N) is 1. The lowest BCUT2D eigenvalue weighted by molar-refractivity contribution is 0.320. The third-order valence-electron chi connectivity index (χ3n) is 1.47. The summed E-state index contributed by atoms with van der Waals surface area (Å²) >= 11 is 10.9. The second-order valence-electron chi connectivity index (χ2n) is 3.18. The highest BCUT2D eigenvalue weighted by molar-refractivity contribution is 7.51. The SMILES string of the molecule is CC(C)(CCP(=O)(O)O)N(Cl)Cl. The van der Waals surface area contributed by atoms with Crippen molar-refractivity contribution in [3.63, 3.8) is 0 Å². The Balaban J connectivity index is 4.01. The van der Waals surface area contributed by atoms with E-state index in [1.165, 1.54) is 0 Å². The van der Waals surface area contributed by atoms with Crippen molar-refractivity contribution in [2.24, 2.45) is 0 Å².